The number of rotatable bonds is 18. The molecule has 5 atom stereocenters. The first kappa shape index (κ1) is 37.8. The average Bonchev–Trinajstić information content (AvgIpc) is 3.56. The van der Waals surface area contributed by atoms with E-state index < -0.39 is 42.7 Å². The summed E-state index contributed by atoms with van der Waals surface area (Å²) in [4.78, 5) is 49.3. The third kappa shape index (κ3) is 10.0. The van der Waals surface area contributed by atoms with Gasteiger partial charge in [-0.25, -0.2) is 9.55 Å². The van der Waals surface area contributed by atoms with Crippen LogP contribution in [0.5, 0.6) is 5.75 Å². The van der Waals surface area contributed by atoms with Gasteiger partial charge in [-0.05, 0) is 55.7 Å². The molecular formula is C33H48N7O8P. The summed E-state index contributed by atoms with van der Waals surface area (Å²) in [5.41, 5.74) is 11.4. The van der Waals surface area contributed by atoms with E-state index in [1.807, 2.05) is 41.5 Å². The van der Waals surface area contributed by atoms with Crippen molar-refractivity contribution in [2.45, 2.75) is 85.4 Å². The Morgan fingerprint density at radius 3 is 2.51 bits per heavy atom. The second-order valence-electron chi connectivity index (χ2n) is 13.3. The van der Waals surface area contributed by atoms with Crippen molar-refractivity contribution in [1.29, 1.82) is 0 Å². The molecule has 268 valence electrons. The number of benzene rings is 1. The molecule has 1 saturated carbocycles. The van der Waals surface area contributed by atoms with Gasteiger partial charge in [0.25, 0.3) is 5.56 Å². The third-order valence-corrected chi connectivity index (χ3v) is 9.66. The van der Waals surface area contributed by atoms with Gasteiger partial charge in [-0.3, -0.25) is 28.5 Å². The first-order valence-electron chi connectivity index (χ1n) is 16.5. The van der Waals surface area contributed by atoms with Gasteiger partial charge in [0.2, 0.25) is 5.95 Å². The van der Waals surface area contributed by atoms with Crippen molar-refractivity contribution in [1.82, 2.24) is 24.6 Å². The van der Waals surface area contributed by atoms with Crippen molar-refractivity contribution >= 4 is 43.0 Å². The summed E-state index contributed by atoms with van der Waals surface area (Å²) < 4.78 is 39.5. The number of esters is 2. The number of H-pyrrole nitrogens is 1. The van der Waals surface area contributed by atoms with Gasteiger partial charge >= 0.3 is 19.7 Å². The number of carbonyl (C=O) groups is 2. The smallest absolute Gasteiger partial charge is 0.459 e. The summed E-state index contributed by atoms with van der Waals surface area (Å²) in [6.45, 7) is 10.9. The van der Waals surface area contributed by atoms with Gasteiger partial charge in [0.05, 0.1) is 18.1 Å². The normalized spacial score (nSPS) is 19.8. The zero-order valence-corrected chi connectivity index (χ0v) is 29.8. The van der Waals surface area contributed by atoms with E-state index in [0.717, 1.165) is 12.0 Å². The van der Waals surface area contributed by atoms with E-state index in [1.165, 1.54) is 10.9 Å². The lowest BCUT2D eigenvalue weighted by Gasteiger charge is -2.28. The van der Waals surface area contributed by atoms with Crippen LogP contribution < -0.4 is 26.6 Å². The Bertz CT molecular complexity index is 1740. The van der Waals surface area contributed by atoms with Crippen LogP contribution in [0.25, 0.3) is 17.4 Å². The molecule has 2 aromatic heterocycles. The minimum Gasteiger partial charge on any atom is -0.463 e. The van der Waals surface area contributed by atoms with Crippen LogP contribution >= 0.6 is 7.75 Å². The molecule has 49 heavy (non-hydrogen) atoms. The Hall–Kier alpha value is -4.04. The number of imidazole rings is 1. The Morgan fingerprint density at radius 2 is 1.86 bits per heavy atom. The van der Waals surface area contributed by atoms with Crippen molar-refractivity contribution in [3.05, 3.63) is 52.6 Å². The van der Waals surface area contributed by atoms with Crippen molar-refractivity contribution in [3.63, 3.8) is 0 Å². The second-order valence-corrected chi connectivity index (χ2v) is 15.0. The lowest BCUT2D eigenvalue weighted by molar-refractivity contribution is -0.151. The van der Waals surface area contributed by atoms with Crippen molar-refractivity contribution in [3.8, 4) is 5.75 Å². The molecule has 6 N–H and O–H groups in total. The number of nitrogens with zero attached hydrogens (tertiary/aromatic N) is 3. The highest BCUT2D eigenvalue weighted by molar-refractivity contribution is 7.52. The Kier molecular flexibility index (Phi) is 12.4. The summed E-state index contributed by atoms with van der Waals surface area (Å²) in [6.07, 6.45) is 4.92. The zero-order chi connectivity index (χ0) is 35.9. The van der Waals surface area contributed by atoms with Crippen molar-refractivity contribution < 1.29 is 32.7 Å². The molecule has 4 rings (SSSR count). The topological polar surface area (TPSA) is 216 Å². The predicted molar refractivity (Wildman–Crippen MR) is 185 cm³/mol. The van der Waals surface area contributed by atoms with Crippen LogP contribution in [0.1, 0.15) is 67.2 Å². The quantitative estimate of drug-likeness (QED) is 0.107. The number of fused-ring (bicyclic) bond motifs is 1. The first-order chi connectivity index (χ1) is 23.1. The summed E-state index contributed by atoms with van der Waals surface area (Å²) in [7, 11) is -4.29. The molecule has 0 radical (unpaired) electrons. The minimum absolute atomic E-state index is 0.0329. The van der Waals surface area contributed by atoms with Gasteiger partial charge in [0, 0.05) is 6.20 Å². The molecule has 1 unspecified atom stereocenters. The monoisotopic (exact) mass is 701 g/mol. The van der Waals surface area contributed by atoms with E-state index in [0.29, 0.717) is 19.3 Å². The molecule has 0 spiro atoms. The van der Waals surface area contributed by atoms with Crippen LogP contribution in [0.15, 0.2) is 47.0 Å². The fraction of sp³-hybridized carbons (Fsp3) is 0.545. The van der Waals surface area contributed by atoms with Crippen LogP contribution in [-0.2, 0) is 28.2 Å². The molecule has 15 nitrogen and oxygen atoms in total. The van der Waals surface area contributed by atoms with E-state index in [4.69, 9.17) is 30.0 Å². The summed E-state index contributed by atoms with van der Waals surface area (Å²) in [5, 5.41) is 2.87. The molecule has 0 bridgehead atoms. The molecular weight excluding hydrogens is 653 g/mol. The van der Waals surface area contributed by atoms with Crippen LogP contribution in [0.2, 0.25) is 0 Å². The SMILES string of the molecule is CCC[C@H](C)OC(=O)[C@H](CC(C)C)NP(=O)(OC[C@@]1(COC(=O)[C@H](N)C(C)C)C/C1=C/n1cnc2c(=O)[nH]c(N)nc21)Oc1ccccc1. The van der Waals surface area contributed by atoms with E-state index in [-0.39, 0.29) is 54.0 Å². The summed E-state index contributed by atoms with van der Waals surface area (Å²) in [5.74, 6) is -1.13. The zero-order valence-electron chi connectivity index (χ0n) is 28.9. The largest absolute Gasteiger partial charge is 0.463 e. The molecule has 0 saturated heterocycles. The molecule has 2 heterocycles. The van der Waals surface area contributed by atoms with Crippen LogP contribution in [0.3, 0.4) is 0 Å². The maximum Gasteiger partial charge on any atom is 0.459 e. The summed E-state index contributed by atoms with van der Waals surface area (Å²) in [6, 6.07) is 6.59. The van der Waals surface area contributed by atoms with Crippen LogP contribution in [0.4, 0.5) is 5.95 Å². The van der Waals surface area contributed by atoms with E-state index >= 15 is 0 Å². The predicted octanol–water partition coefficient (Wildman–Crippen LogP) is 4.40. The Labute approximate surface area is 285 Å². The fourth-order valence-electron chi connectivity index (χ4n) is 5.14. The number of aromatic amines is 1. The van der Waals surface area contributed by atoms with Crippen LogP contribution in [0, 0.1) is 17.3 Å². The maximum atomic E-state index is 14.6. The lowest BCUT2D eigenvalue weighted by Crippen LogP contribution is -2.40. The van der Waals surface area contributed by atoms with E-state index in [2.05, 4.69) is 20.0 Å². The van der Waals surface area contributed by atoms with E-state index in [1.54, 1.807) is 36.5 Å². The van der Waals surface area contributed by atoms with Gasteiger partial charge in [-0.1, -0.05) is 59.2 Å². The van der Waals surface area contributed by atoms with Crippen molar-refractivity contribution in [2.75, 3.05) is 18.9 Å². The molecule has 0 aliphatic heterocycles. The van der Waals surface area contributed by atoms with Gasteiger partial charge < -0.3 is 25.5 Å². The molecule has 3 aromatic rings. The highest BCUT2D eigenvalue weighted by Crippen LogP contribution is 2.57. The number of para-hydroxylation sites is 1. The first-order valence-corrected chi connectivity index (χ1v) is 18.0. The molecule has 1 fully saturated rings. The van der Waals surface area contributed by atoms with Gasteiger partial charge in [-0.2, -0.15) is 10.1 Å². The average molecular weight is 702 g/mol. The third-order valence-electron chi connectivity index (χ3n) is 8.11. The van der Waals surface area contributed by atoms with Crippen LogP contribution in [-0.4, -0.2) is 62.9 Å². The maximum absolute atomic E-state index is 14.6. The molecule has 1 aliphatic rings. The summed E-state index contributed by atoms with van der Waals surface area (Å²) >= 11 is 0. The number of nitrogens with two attached hydrogens (primary N) is 2. The molecule has 1 aromatic carbocycles. The molecule has 0 amide bonds. The number of nitrogens with one attached hydrogen (secondary N) is 2. The van der Waals surface area contributed by atoms with Gasteiger partial charge in [-0.15, -0.1) is 0 Å². The molecule has 1 aliphatic carbocycles. The minimum atomic E-state index is -4.29. The number of hydrogen-bond acceptors (Lipinski definition) is 12. The number of hydrogen-bond donors (Lipinski definition) is 4. The van der Waals surface area contributed by atoms with E-state index in [9.17, 15) is 18.9 Å². The second kappa shape index (κ2) is 16.1. The number of ether oxygens (including phenoxy) is 2. The Morgan fingerprint density at radius 1 is 1.14 bits per heavy atom. The van der Waals surface area contributed by atoms with Gasteiger partial charge in [0.15, 0.2) is 11.2 Å². The molecule has 16 heteroatoms. The number of aromatic nitrogens is 4. The Balaban J connectivity index is 1.66. The number of anilines is 1. The lowest BCUT2D eigenvalue weighted by atomic mass is 10.0. The van der Waals surface area contributed by atoms with Gasteiger partial charge in [0.1, 0.15) is 30.8 Å². The number of nitrogen functional groups attached to an aromatic ring is 1. The fourth-order valence-corrected chi connectivity index (χ4v) is 6.73. The van der Waals surface area contributed by atoms with Crippen molar-refractivity contribution in [2.24, 2.45) is 23.0 Å². The number of carbonyl (C=O) groups excluding carboxylic acids is 2. The highest BCUT2D eigenvalue weighted by atomic mass is 31.2. The standard InChI is InChI=1S/C33H48N7O8P/c1-7-11-22(6)47-30(42)25(14-20(2)3)39-49(44,48-24-12-9-8-10-13-24)46-18-33(17-45-31(43)26(34)21(4)5)15-23(33)16-40-19-36-27-28(40)37-32(35)38-29(27)41/h8-10,12-13,16,19-22,25-26H,7,11,14-15,17-18,34H2,1-6H3,(H,39,44)(H3,35,37,38,41)/b23-16-/t22-,25-,26+,33-,49?/m0/s1. The highest BCUT2D eigenvalue weighted by Gasteiger charge is 2.53.